The van der Waals surface area contributed by atoms with Gasteiger partial charge in [0.2, 0.25) is 0 Å². The third-order valence-corrected chi connectivity index (χ3v) is 3.37. The number of aromatic nitrogens is 1. The molecule has 1 aromatic heterocycles. The number of nitrogens with one attached hydrogen (secondary N) is 1. The molecule has 5 nitrogen and oxygen atoms in total. The third kappa shape index (κ3) is 5.15. The summed E-state index contributed by atoms with van der Waals surface area (Å²) < 4.78 is 22.3. The number of pyridine rings is 1. The van der Waals surface area contributed by atoms with Gasteiger partial charge in [0.05, 0.1) is 5.75 Å². The Morgan fingerprint density at radius 3 is 2.67 bits per heavy atom. The van der Waals surface area contributed by atoms with Crippen LogP contribution in [0.5, 0.6) is 0 Å². The molecule has 1 heterocycles. The summed E-state index contributed by atoms with van der Waals surface area (Å²) in [5.74, 6) is 0.692. The number of nitriles is 1. The van der Waals surface area contributed by atoms with E-state index in [4.69, 9.17) is 5.26 Å². The van der Waals surface area contributed by atoms with Crippen molar-refractivity contribution < 1.29 is 8.42 Å². The number of nitrogens with zero attached hydrogens (tertiary/aromatic N) is 2. The second kappa shape index (κ2) is 5.36. The molecule has 0 saturated heterocycles. The van der Waals surface area contributed by atoms with Crippen LogP contribution >= 0.6 is 0 Å². The molecule has 0 fully saturated rings. The first-order valence-corrected chi connectivity index (χ1v) is 7.61. The van der Waals surface area contributed by atoms with E-state index in [0.29, 0.717) is 17.9 Å². The van der Waals surface area contributed by atoms with Gasteiger partial charge in [-0.3, -0.25) is 0 Å². The molecule has 0 saturated carbocycles. The topological polar surface area (TPSA) is 82.9 Å². The van der Waals surface area contributed by atoms with Gasteiger partial charge in [0.1, 0.15) is 27.4 Å². The van der Waals surface area contributed by atoms with E-state index in [-0.39, 0.29) is 5.75 Å². The highest BCUT2D eigenvalue weighted by molar-refractivity contribution is 7.90. The fraction of sp³-hybridized carbons (Fsp3) is 0.500. The lowest BCUT2D eigenvalue weighted by molar-refractivity contribution is 0.533. The van der Waals surface area contributed by atoms with E-state index in [2.05, 4.69) is 10.3 Å². The highest BCUT2D eigenvalue weighted by Gasteiger charge is 2.20. The van der Waals surface area contributed by atoms with Crippen LogP contribution in [0.15, 0.2) is 18.2 Å². The lowest BCUT2D eigenvalue weighted by atomic mass is 10.0. The van der Waals surface area contributed by atoms with Gasteiger partial charge >= 0.3 is 0 Å². The maximum Gasteiger partial charge on any atom is 0.147 e. The Morgan fingerprint density at radius 2 is 2.11 bits per heavy atom. The van der Waals surface area contributed by atoms with E-state index in [1.54, 1.807) is 18.2 Å². The molecule has 1 aromatic rings. The van der Waals surface area contributed by atoms with Crippen LogP contribution < -0.4 is 5.32 Å². The first kappa shape index (κ1) is 14.5. The molecule has 0 bridgehead atoms. The van der Waals surface area contributed by atoms with E-state index in [0.717, 1.165) is 0 Å². The molecule has 0 unspecified atom stereocenters. The standard InChI is InChI=1S/C12H17N3O2S/c1-12(2,7-8-18(3,16)17)15-11-6-4-5-10(9-13)14-11/h4-6H,7-8H2,1-3H3,(H,14,15). The Morgan fingerprint density at radius 1 is 1.44 bits per heavy atom. The van der Waals surface area contributed by atoms with Gasteiger partial charge in [0.25, 0.3) is 0 Å². The molecule has 0 radical (unpaired) electrons. The number of hydrogen-bond donors (Lipinski definition) is 1. The van der Waals surface area contributed by atoms with Crippen LogP contribution in [0.2, 0.25) is 0 Å². The van der Waals surface area contributed by atoms with Crippen molar-refractivity contribution in [3.8, 4) is 6.07 Å². The SMILES string of the molecule is CC(C)(CCS(C)(=O)=O)Nc1cccc(C#N)n1. The van der Waals surface area contributed by atoms with E-state index in [1.165, 1.54) is 6.26 Å². The maximum atomic E-state index is 11.1. The van der Waals surface area contributed by atoms with Gasteiger partial charge < -0.3 is 5.32 Å². The van der Waals surface area contributed by atoms with Crippen LogP contribution in [0.25, 0.3) is 0 Å². The van der Waals surface area contributed by atoms with Gasteiger partial charge in [-0.05, 0) is 32.4 Å². The van der Waals surface area contributed by atoms with Crippen molar-refractivity contribution in [2.75, 3.05) is 17.3 Å². The summed E-state index contributed by atoms with van der Waals surface area (Å²) in [6, 6.07) is 7.07. The van der Waals surface area contributed by atoms with E-state index in [9.17, 15) is 8.42 Å². The first-order chi connectivity index (χ1) is 8.22. The van der Waals surface area contributed by atoms with Crippen LogP contribution in [-0.2, 0) is 9.84 Å². The van der Waals surface area contributed by atoms with Gasteiger partial charge in [-0.25, -0.2) is 13.4 Å². The monoisotopic (exact) mass is 267 g/mol. The van der Waals surface area contributed by atoms with Crippen molar-refractivity contribution in [3.63, 3.8) is 0 Å². The second-order valence-electron chi connectivity index (χ2n) is 4.91. The number of sulfone groups is 1. The molecule has 0 aliphatic heterocycles. The fourth-order valence-corrected chi connectivity index (χ4v) is 2.30. The zero-order chi connectivity index (χ0) is 13.8. The van der Waals surface area contributed by atoms with Gasteiger partial charge in [0.15, 0.2) is 0 Å². The van der Waals surface area contributed by atoms with Gasteiger partial charge in [0, 0.05) is 11.8 Å². The highest BCUT2D eigenvalue weighted by Crippen LogP contribution is 2.17. The van der Waals surface area contributed by atoms with Crippen LogP contribution in [0.3, 0.4) is 0 Å². The quantitative estimate of drug-likeness (QED) is 0.875. The van der Waals surface area contributed by atoms with Crippen molar-refractivity contribution in [3.05, 3.63) is 23.9 Å². The normalized spacial score (nSPS) is 11.9. The Bertz CT molecular complexity index is 559. The summed E-state index contributed by atoms with van der Waals surface area (Å²) in [4.78, 5) is 4.10. The zero-order valence-corrected chi connectivity index (χ0v) is 11.6. The third-order valence-electron chi connectivity index (χ3n) is 2.43. The molecule has 0 aromatic carbocycles. The zero-order valence-electron chi connectivity index (χ0n) is 10.8. The second-order valence-corrected chi connectivity index (χ2v) is 7.17. The molecular formula is C12H17N3O2S. The predicted octanol–water partition coefficient (Wildman–Crippen LogP) is 1.58. The average Bonchev–Trinajstić information content (AvgIpc) is 2.25. The molecule has 0 atom stereocenters. The van der Waals surface area contributed by atoms with Crippen molar-refractivity contribution in [2.45, 2.75) is 25.8 Å². The summed E-state index contributed by atoms with van der Waals surface area (Å²) in [5.41, 5.74) is -0.0663. The Balaban J connectivity index is 2.73. The van der Waals surface area contributed by atoms with Crippen molar-refractivity contribution >= 4 is 15.7 Å². The molecule has 0 aliphatic carbocycles. The molecule has 1 N–H and O–H groups in total. The molecular weight excluding hydrogens is 250 g/mol. The highest BCUT2D eigenvalue weighted by atomic mass is 32.2. The minimum Gasteiger partial charge on any atom is -0.365 e. The Labute approximate surface area is 108 Å². The molecule has 6 heteroatoms. The van der Waals surface area contributed by atoms with E-state index < -0.39 is 15.4 Å². The smallest absolute Gasteiger partial charge is 0.147 e. The minimum absolute atomic E-state index is 0.116. The summed E-state index contributed by atoms with van der Waals surface area (Å²) in [5, 5.41) is 11.9. The molecule has 1 rings (SSSR count). The maximum absolute atomic E-state index is 11.1. The summed E-state index contributed by atoms with van der Waals surface area (Å²) in [7, 11) is -2.98. The van der Waals surface area contributed by atoms with E-state index in [1.807, 2.05) is 19.9 Å². The van der Waals surface area contributed by atoms with Crippen LogP contribution in [0.4, 0.5) is 5.82 Å². The van der Waals surface area contributed by atoms with Crippen molar-refractivity contribution in [1.82, 2.24) is 4.98 Å². The molecule has 0 aliphatic rings. The largest absolute Gasteiger partial charge is 0.365 e. The van der Waals surface area contributed by atoms with Crippen LogP contribution in [0.1, 0.15) is 26.0 Å². The Kier molecular flexibility index (Phi) is 4.30. The van der Waals surface area contributed by atoms with Crippen LogP contribution in [0, 0.1) is 11.3 Å². The Hall–Kier alpha value is -1.61. The van der Waals surface area contributed by atoms with Crippen molar-refractivity contribution in [1.29, 1.82) is 5.26 Å². The molecule has 98 valence electrons. The number of hydrogen-bond acceptors (Lipinski definition) is 5. The predicted molar refractivity (Wildman–Crippen MR) is 71.0 cm³/mol. The lowest BCUT2D eigenvalue weighted by Crippen LogP contribution is -2.33. The number of rotatable bonds is 5. The lowest BCUT2D eigenvalue weighted by Gasteiger charge is -2.26. The van der Waals surface area contributed by atoms with Crippen molar-refractivity contribution in [2.24, 2.45) is 0 Å². The van der Waals surface area contributed by atoms with Gasteiger partial charge in [-0.2, -0.15) is 5.26 Å². The molecule has 0 spiro atoms. The fourth-order valence-electron chi connectivity index (χ4n) is 1.42. The molecule has 0 amide bonds. The first-order valence-electron chi connectivity index (χ1n) is 5.55. The summed E-state index contributed by atoms with van der Waals surface area (Å²) >= 11 is 0. The average molecular weight is 267 g/mol. The van der Waals surface area contributed by atoms with Gasteiger partial charge in [-0.1, -0.05) is 6.07 Å². The van der Waals surface area contributed by atoms with Gasteiger partial charge in [-0.15, -0.1) is 0 Å². The minimum atomic E-state index is -2.98. The van der Waals surface area contributed by atoms with E-state index >= 15 is 0 Å². The summed E-state index contributed by atoms with van der Waals surface area (Å²) in [6.45, 7) is 3.80. The molecule has 18 heavy (non-hydrogen) atoms. The number of anilines is 1. The summed E-state index contributed by atoms with van der Waals surface area (Å²) in [6.07, 6.45) is 1.70. The van der Waals surface area contributed by atoms with Crippen LogP contribution in [-0.4, -0.2) is 30.9 Å².